The summed E-state index contributed by atoms with van der Waals surface area (Å²) in [5.41, 5.74) is 1.40. The third-order valence-corrected chi connectivity index (χ3v) is 4.35. The molecule has 0 aliphatic carbocycles. The molecule has 0 bridgehead atoms. The number of rotatable bonds is 6. The topological polar surface area (TPSA) is 88.4 Å². The average Bonchev–Trinajstić information content (AvgIpc) is 3.00. The first-order chi connectivity index (χ1) is 12.0. The van der Waals surface area contributed by atoms with Gasteiger partial charge in [0.05, 0.1) is 11.0 Å². The van der Waals surface area contributed by atoms with Gasteiger partial charge in [0.1, 0.15) is 11.5 Å². The van der Waals surface area contributed by atoms with Crippen molar-refractivity contribution in [3.8, 4) is 0 Å². The number of likely N-dealkylation sites (tertiary alicyclic amines) is 1. The van der Waals surface area contributed by atoms with E-state index >= 15 is 0 Å². The van der Waals surface area contributed by atoms with Crippen LogP contribution in [0.4, 0.5) is 11.5 Å². The van der Waals surface area contributed by atoms with Crippen molar-refractivity contribution in [3.05, 3.63) is 63.8 Å². The zero-order valence-electron chi connectivity index (χ0n) is 14.0. The van der Waals surface area contributed by atoms with Gasteiger partial charge in [-0.05, 0) is 25.0 Å². The molecule has 1 fully saturated rings. The number of benzene rings is 1. The lowest BCUT2D eigenvalue weighted by Gasteiger charge is -2.25. The molecule has 130 valence electrons. The summed E-state index contributed by atoms with van der Waals surface area (Å²) in [4.78, 5) is 28.6. The van der Waals surface area contributed by atoms with Crippen LogP contribution in [0.15, 0.2) is 42.5 Å². The lowest BCUT2D eigenvalue weighted by molar-refractivity contribution is -0.385. The van der Waals surface area contributed by atoms with Crippen LogP contribution in [-0.2, 0) is 4.79 Å². The highest BCUT2D eigenvalue weighted by Crippen LogP contribution is 2.24. The lowest BCUT2D eigenvalue weighted by Crippen LogP contribution is -2.32. The van der Waals surface area contributed by atoms with E-state index in [1.54, 1.807) is 13.0 Å². The van der Waals surface area contributed by atoms with Crippen LogP contribution < -0.4 is 5.32 Å². The summed E-state index contributed by atoms with van der Waals surface area (Å²) in [6.45, 7) is 2.92. The molecule has 0 saturated carbocycles. The predicted octanol–water partition coefficient (Wildman–Crippen LogP) is 3.07. The molecule has 2 aromatic rings. The van der Waals surface area contributed by atoms with E-state index in [1.165, 1.54) is 6.07 Å². The SMILES string of the molecule is Cc1nc(NC(CN2CCCC2=O)c2ccccc2)ccc1[N+](=O)[O-]. The molecule has 1 saturated heterocycles. The van der Waals surface area contributed by atoms with E-state index in [-0.39, 0.29) is 17.6 Å². The number of nitrogens with zero attached hydrogens (tertiary/aromatic N) is 3. The van der Waals surface area contributed by atoms with Crippen molar-refractivity contribution < 1.29 is 9.72 Å². The number of nitrogens with one attached hydrogen (secondary N) is 1. The average molecular weight is 340 g/mol. The molecule has 1 aliphatic heterocycles. The standard InChI is InChI=1S/C18H20N4O3/c1-13-16(22(24)25)9-10-17(19-13)20-15(14-6-3-2-4-7-14)12-21-11-5-8-18(21)23/h2-4,6-7,9-10,15H,5,8,11-12H2,1H3,(H,19,20). The molecule has 1 aromatic heterocycles. The molecule has 1 unspecified atom stereocenters. The molecule has 7 nitrogen and oxygen atoms in total. The molecule has 0 radical (unpaired) electrons. The van der Waals surface area contributed by atoms with Crippen LogP contribution in [0.1, 0.15) is 30.1 Å². The summed E-state index contributed by atoms with van der Waals surface area (Å²) in [6, 6.07) is 12.8. The molecule has 7 heteroatoms. The Morgan fingerprint density at radius 2 is 2.04 bits per heavy atom. The van der Waals surface area contributed by atoms with E-state index in [4.69, 9.17) is 0 Å². The molecule has 25 heavy (non-hydrogen) atoms. The number of aryl methyl sites for hydroxylation is 1. The van der Waals surface area contributed by atoms with Crippen LogP contribution in [0, 0.1) is 17.0 Å². The Balaban J connectivity index is 1.83. The van der Waals surface area contributed by atoms with Gasteiger partial charge in [-0.1, -0.05) is 30.3 Å². The summed E-state index contributed by atoms with van der Waals surface area (Å²) in [7, 11) is 0. The number of nitro groups is 1. The second-order valence-corrected chi connectivity index (χ2v) is 6.11. The number of aromatic nitrogens is 1. The largest absolute Gasteiger partial charge is 0.361 e. The first-order valence-electron chi connectivity index (χ1n) is 8.26. The number of hydrogen-bond acceptors (Lipinski definition) is 5. The first-order valence-corrected chi connectivity index (χ1v) is 8.26. The molecule has 1 N–H and O–H groups in total. The van der Waals surface area contributed by atoms with Gasteiger partial charge in [0.2, 0.25) is 5.91 Å². The monoisotopic (exact) mass is 340 g/mol. The third-order valence-electron chi connectivity index (χ3n) is 4.35. The Kier molecular flexibility index (Phi) is 4.92. The maximum Gasteiger partial charge on any atom is 0.290 e. The number of anilines is 1. The summed E-state index contributed by atoms with van der Waals surface area (Å²) in [6.07, 6.45) is 1.48. The van der Waals surface area contributed by atoms with Gasteiger partial charge >= 0.3 is 0 Å². The zero-order chi connectivity index (χ0) is 17.8. The summed E-state index contributed by atoms with van der Waals surface area (Å²) >= 11 is 0. The second-order valence-electron chi connectivity index (χ2n) is 6.11. The highest BCUT2D eigenvalue weighted by molar-refractivity contribution is 5.78. The Morgan fingerprint density at radius 1 is 1.28 bits per heavy atom. The number of amides is 1. The fourth-order valence-electron chi connectivity index (χ4n) is 3.04. The van der Waals surface area contributed by atoms with Crippen LogP contribution in [0.25, 0.3) is 0 Å². The van der Waals surface area contributed by atoms with Gasteiger partial charge in [-0.3, -0.25) is 14.9 Å². The van der Waals surface area contributed by atoms with Gasteiger partial charge in [-0.25, -0.2) is 4.98 Å². The van der Waals surface area contributed by atoms with Gasteiger partial charge in [0, 0.05) is 25.6 Å². The van der Waals surface area contributed by atoms with Crippen LogP contribution >= 0.6 is 0 Å². The fourth-order valence-corrected chi connectivity index (χ4v) is 3.04. The highest BCUT2D eigenvalue weighted by Gasteiger charge is 2.24. The number of carbonyl (C=O) groups excluding carboxylic acids is 1. The quantitative estimate of drug-likeness (QED) is 0.645. The van der Waals surface area contributed by atoms with E-state index in [1.807, 2.05) is 35.2 Å². The molecule has 2 heterocycles. The van der Waals surface area contributed by atoms with Gasteiger partial charge in [0.15, 0.2) is 0 Å². The van der Waals surface area contributed by atoms with Gasteiger partial charge < -0.3 is 10.2 Å². The minimum atomic E-state index is -0.441. The molecular formula is C18H20N4O3. The molecule has 3 rings (SSSR count). The van der Waals surface area contributed by atoms with E-state index in [0.29, 0.717) is 24.5 Å². The number of pyridine rings is 1. The normalized spacial score (nSPS) is 15.2. The van der Waals surface area contributed by atoms with Crippen LogP contribution in [0.5, 0.6) is 0 Å². The second kappa shape index (κ2) is 7.29. The minimum absolute atomic E-state index is 0.00321. The molecular weight excluding hydrogens is 320 g/mol. The smallest absolute Gasteiger partial charge is 0.290 e. The summed E-state index contributed by atoms with van der Waals surface area (Å²) < 4.78 is 0. The van der Waals surface area contributed by atoms with Crippen molar-refractivity contribution in [2.24, 2.45) is 0 Å². The molecule has 0 spiro atoms. The van der Waals surface area contributed by atoms with Crippen molar-refractivity contribution >= 4 is 17.4 Å². The van der Waals surface area contributed by atoms with Gasteiger partial charge in [-0.2, -0.15) is 0 Å². The zero-order valence-corrected chi connectivity index (χ0v) is 14.0. The Bertz CT molecular complexity index is 779. The fraction of sp³-hybridized carbons (Fsp3) is 0.333. The minimum Gasteiger partial charge on any atom is -0.361 e. The number of carbonyl (C=O) groups is 1. The van der Waals surface area contributed by atoms with Gasteiger partial charge in [-0.15, -0.1) is 0 Å². The molecule has 1 amide bonds. The Morgan fingerprint density at radius 3 is 2.64 bits per heavy atom. The van der Waals surface area contributed by atoms with Crippen LogP contribution in [0.2, 0.25) is 0 Å². The summed E-state index contributed by atoms with van der Waals surface area (Å²) in [5.74, 6) is 0.721. The number of hydrogen-bond donors (Lipinski definition) is 1. The maximum absolute atomic E-state index is 12.0. The van der Waals surface area contributed by atoms with E-state index < -0.39 is 4.92 Å². The van der Waals surface area contributed by atoms with Gasteiger partial charge in [0.25, 0.3) is 5.69 Å². The van der Waals surface area contributed by atoms with Crippen molar-refractivity contribution in [2.75, 3.05) is 18.4 Å². The van der Waals surface area contributed by atoms with E-state index in [2.05, 4.69) is 10.3 Å². The third kappa shape index (κ3) is 3.93. The van der Waals surface area contributed by atoms with Crippen LogP contribution in [0.3, 0.4) is 0 Å². The van der Waals surface area contributed by atoms with Crippen molar-refractivity contribution in [1.29, 1.82) is 0 Å². The first kappa shape index (κ1) is 16.9. The van der Waals surface area contributed by atoms with Crippen molar-refractivity contribution in [3.63, 3.8) is 0 Å². The summed E-state index contributed by atoms with van der Waals surface area (Å²) in [5, 5.41) is 14.3. The van der Waals surface area contributed by atoms with E-state index in [0.717, 1.165) is 18.5 Å². The Hall–Kier alpha value is -2.96. The maximum atomic E-state index is 12.0. The van der Waals surface area contributed by atoms with Crippen LogP contribution in [-0.4, -0.2) is 33.8 Å². The van der Waals surface area contributed by atoms with E-state index in [9.17, 15) is 14.9 Å². The molecule has 1 atom stereocenters. The predicted molar refractivity (Wildman–Crippen MR) is 94.2 cm³/mol. The molecule has 1 aromatic carbocycles. The highest BCUT2D eigenvalue weighted by atomic mass is 16.6. The molecule has 1 aliphatic rings. The lowest BCUT2D eigenvalue weighted by atomic mass is 10.1. The van der Waals surface area contributed by atoms with Crippen molar-refractivity contribution in [1.82, 2.24) is 9.88 Å². The Labute approximate surface area is 145 Å². The van der Waals surface area contributed by atoms with Crippen molar-refractivity contribution in [2.45, 2.75) is 25.8 Å².